The minimum Gasteiger partial charge on any atom is -0.444 e. The lowest BCUT2D eigenvalue weighted by molar-refractivity contribution is -0.0260. The van der Waals surface area contributed by atoms with Gasteiger partial charge in [0.15, 0.2) is 0 Å². The summed E-state index contributed by atoms with van der Waals surface area (Å²) in [6, 6.07) is -0.249. The molecule has 0 saturated carbocycles. The standard InChI is InChI=1S/C18H34N2O6/c1-17(2,3)25-15(23)19(7)14(22)9-8-12-10-13(21)11-20(12)16(24)26-18(4,5)6/h12-14,21-22H,8-11H2,1-7H3/t12-,13+,14+/m0/s1. The molecular weight excluding hydrogens is 340 g/mol. The van der Waals surface area contributed by atoms with Crippen molar-refractivity contribution in [3.8, 4) is 0 Å². The highest BCUT2D eigenvalue weighted by Crippen LogP contribution is 2.25. The van der Waals surface area contributed by atoms with E-state index < -0.39 is 35.7 Å². The van der Waals surface area contributed by atoms with Gasteiger partial charge in [-0.15, -0.1) is 0 Å². The van der Waals surface area contributed by atoms with E-state index in [1.54, 1.807) is 41.5 Å². The number of amides is 2. The molecule has 26 heavy (non-hydrogen) atoms. The molecule has 0 radical (unpaired) electrons. The van der Waals surface area contributed by atoms with Gasteiger partial charge in [0.2, 0.25) is 0 Å². The summed E-state index contributed by atoms with van der Waals surface area (Å²) in [6.07, 6.45) is -1.63. The molecule has 1 rings (SSSR count). The monoisotopic (exact) mass is 374 g/mol. The van der Waals surface area contributed by atoms with Crippen molar-refractivity contribution in [2.24, 2.45) is 0 Å². The number of ether oxygens (including phenoxy) is 2. The van der Waals surface area contributed by atoms with Gasteiger partial charge >= 0.3 is 12.2 Å². The maximum absolute atomic E-state index is 12.3. The summed E-state index contributed by atoms with van der Waals surface area (Å²) < 4.78 is 10.6. The van der Waals surface area contributed by atoms with Crippen molar-refractivity contribution < 1.29 is 29.3 Å². The van der Waals surface area contributed by atoms with Crippen molar-refractivity contribution in [2.75, 3.05) is 13.6 Å². The summed E-state index contributed by atoms with van der Waals surface area (Å²) in [5.74, 6) is 0. The molecule has 0 aromatic heterocycles. The van der Waals surface area contributed by atoms with Crippen molar-refractivity contribution in [1.82, 2.24) is 9.80 Å². The quantitative estimate of drug-likeness (QED) is 0.733. The zero-order valence-corrected chi connectivity index (χ0v) is 17.0. The van der Waals surface area contributed by atoms with E-state index >= 15 is 0 Å². The molecule has 1 saturated heterocycles. The molecule has 2 N–H and O–H groups in total. The normalized spacial score (nSPS) is 22.1. The van der Waals surface area contributed by atoms with Gasteiger partial charge in [-0.3, -0.25) is 4.90 Å². The van der Waals surface area contributed by atoms with Gasteiger partial charge in [0.05, 0.1) is 12.6 Å². The third-order valence-electron chi connectivity index (χ3n) is 3.91. The number of aliphatic hydroxyl groups is 2. The molecule has 0 aliphatic carbocycles. The summed E-state index contributed by atoms with van der Waals surface area (Å²) in [7, 11) is 1.47. The zero-order chi connectivity index (χ0) is 20.3. The van der Waals surface area contributed by atoms with E-state index in [0.717, 1.165) is 4.90 Å². The molecule has 8 nitrogen and oxygen atoms in total. The molecule has 1 aliphatic rings. The second-order valence-corrected chi connectivity index (χ2v) is 8.83. The first-order valence-electron chi connectivity index (χ1n) is 9.01. The summed E-state index contributed by atoms with van der Waals surface area (Å²) >= 11 is 0. The van der Waals surface area contributed by atoms with E-state index in [4.69, 9.17) is 9.47 Å². The highest BCUT2D eigenvalue weighted by atomic mass is 16.6. The molecule has 0 aromatic carbocycles. The summed E-state index contributed by atoms with van der Waals surface area (Å²) in [5.41, 5.74) is -1.26. The second kappa shape index (κ2) is 8.43. The molecule has 0 bridgehead atoms. The summed E-state index contributed by atoms with van der Waals surface area (Å²) in [4.78, 5) is 26.9. The van der Waals surface area contributed by atoms with Gasteiger partial charge in [-0.05, 0) is 60.8 Å². The van der Waals surface area contributed by atoms with Crippen LogP contribution in [0, 0.1) is 0 Å². The minimum absolute atomic E-state index is 0.206. The first kappa shape index (κ1) is 22.5. The molecule has 1 aliphatic heterocycles. The van der Waals surface area contributed by atoms with E-state index in [2.05, 4.69) is 0 Å². The van der Waals surface area contributed by atoms with Crippen LogP contribution in [0.2, 0.25) is 0 Å². The SMILES string of the molecule is CN(C(=O)OC(C)(C)C)[C@H](O)CC[C@H]1C[C@@H](O)CN1C(=O)OC(C)(C)C. The van der Waals surface area contributed by atoms with Crippen molar-refractivity contribution in [3.05, 3.63) is 0 Å². The maximum atomic E-state index is 12.3. The Morgan fingerprint density at radius 2 is 1.69 bits per heavy atom. The van der Waals surface area contributed by atoms with Crippen LogP contribution in [0.3, 0.4) is 0 Å². The first-order chi connectivity index (χ1) is 11.7. The molecule has 2 amide bonds. The molecule has 1 fully saturated rings. The van der Waals surface area contributed by atoms with E-state index in [1.807, 2.05) is 0 Å². The Bertz CT molecular complexity index is 497. The number of likely N-dealkylation sites (tertiary alicyclic amines) is 1. The molecule has 3 atom stereocenters. The third-order valence-corrected chi connectivity index (χ3v) is 3.91. The second-order valence-electron chi connectivity index (χ2n) is 8.83. The van der Waals surface area contributed by atoms with Gasteiger partial charge in [0.1, 0.15) is 17.4 Å². The number of carbonyl (C=O) groups is 2. The number of hydrogen-bond acceptors (Lipinski definition) is 6. The predicted octanol–water partition coefficient (Wildman–Crippen LogP) is 2.32. The van der Waals surface area contributed by atoms with Crippen LogP contribution < -0.4 is 0 Å². The van der Waals surface area contributed by atoms with Crippen LogP contribution in [0.1, 0.15) is 60.8 Å². The Balaban J connectivity index is 2.60. The van der Waals surface area contributed by atoms with Crippen LogP contribution in [0.25, 0.3) is 0 Å². The lowest BCUT2D eigenvalue weighted by Gasteiger charge is -2.30. The fraction of sp³-hybridized carbons (Fsp3) is 0.889. The van der Waals surface area contributed by atoms with Gasteiger partial charge in [0, 0.05) is 13.1 Å². The number of β-amino-alcohol motifs (C(OH)–C–C–N with tert-alkyl or cyclic N) is 1. The summed E-state index contributed by atoms with van der Waals surface area (Å²) in [5, 5.41) is 20.2. The highest BCUT2D eigenvalue weighted by molar-refractivity contribution is 5.69. The van der Waals surface area contributed by atoms with Gasteiger partial charge in [-0.1, -0.05) is 0 Å². The van der Waals surface area contributed by atoms with Crippen LogP contribution in [0.15, 0.2) is 0 Å². The Morgan fingerprint density at radius 3 is 2.19 bits per heavy atom. The average Bonchev–Trinajstić information content (AvgIpc) is 2.81. The fourth-order valence-electron chi connectivity index (χ4n) is 2.70. The number of aliphatic hydroxyl groups excluding tert-OH is 2. The van der Waals surface area contributed by atoms with E-state index in [9.17, 15) is 19.8 Å². The molecule has 0 spiro atoms. The predicted molar refractivity (Wildman–Crippen MR) is 96.6 cm³/mol. The van der Waals surface area contributed by atoms with Gasteiger partial charge in [0.25, 0.3) is 0 Å². The Morgan fingerprint density at radius 1 is 1.15 bits per heavy atom. The smallest absolute Gasteiger partial charge is 0.412 e. The van der Waals surface area contributed by atoms with Crippen molar-refractivity contribution in [3.63, 3.8) is 0 Å². The first-order valence-corrected chi connectivity index (χ1v) is 9.01. The summed E-state index contributed by atoms with van der Waals surface area (Å²) in [6.45, 7) is 10.8. The molecule has 8 heteroatoms. The van der Waals surface area contributed by atoms with Crippen molar-refractivity contribution >= 4 is 12.2 Å². The number of hydrogen-bond donors (Lipinski definition) is 2. The molecule has 0 aromatic rings. The van der Waals surface area contributed by atoms with Gasteiger partial charge < -0.3 is 24.6 Å². The number of nitrogens with zero attached hydrogens (tertiary/aromatic N) is 2. The van der Waals surface area contributed by atoms with E-state index in [1.165, 1.54) is 11.9 Å². The van der Waals surface area contributed by atoms with Crippen molar-refractivity contribution in [1.29, 1.82) is 0 Å². The molecular formula is C18H34N2O6. The lowest BCUT2D eigenvalue weighted by Crippen LogP contribution is -2.43. The highest BCUT2D eigenvalue weighted by Gasteiger charge is 2.37. The minimum atomic E-state index is -1.04. The number of carbonyl (C=O) groups excluding carboxylic acids is 2. The zero-order valence-electron chi connectivity index (χ0n) is 17.0. The van der Waals surface area contributed by atoms with Crippen LogP contribution >= 0.6 is 0 Å². The molecule has 152 valence electrons. The fourth-order valence-corrected chi connectivity index (χ4v) is 2.70. The Kier molecular flexibility index (Phi) is 7.30. The Hall–Kier alpha value is -1.54. The maximum Gasteiger partial charge on any atom is 0.412 e. The molecule has 1 heterocycles. The van der Waals surface area contributed by atoms with E-state index in [0.29, 0.717) is 12.8 Å². The van der Waals surface area contributed by atoms with Crippen LogP contribution in [-0.2, 0) is 9.47 Å². The van der Waals surface area contributed by atoms with Crippen LogP contribution in [0.4, 0.5) is 9.59 Å². The Labute approximate surface area is 156 Å². The third kappa shape index (κ3) is 7.37. The average molecular weight is 374 g/mol. The van der Waals surface area contributed by atoms with Crippen molar-refractivity contribution in [2.45, 2.75) is 90.4 Å². The largest absolute Gasteiger partial charge is 0.444 e. The van der Waals surface area contributed by atoms with Gasteiger partial charge in [-0.25, -0.2) is 9.59 Å². The molecule has 0 unspecified atom stereocenters. The number of rotatable bonds is 4. The topological polar surface area (TPSA) is 99.5 Å². The van der Waals surface area contributed by atoms with Crippen LogP contribution in [-0.4, -0.2) is 75.4 Å². The van der Waals surface area contributed by atoms with Gasteiger partial charge in [-0.2, -0.15) is 0 Å². The van der Waals surface area contributed by atoms with E-state index in [-0.39, 0.29) is 19.0 Å². The lowest BCUT2D eigenvalue weighted by atomic mass is 10.1. The van der Waals surface area contributed by atoms with Crippen LogP contribution in [0.5, 0.6) is 0 Å².